The number of nitrogens with zero attached hydrogens (tertiary/aromatic N) is 3. The Balaban J connectivity index is 0.00000243. The molecule has 0 amide bonds. The van der Waals surface area contributed by atoms with Crippen molar-refractivity contribution in [2.75, 3.05) is 38.2 Å². The van der Waals surface area contributed by atoms with E-state index in [2.05, 4.69) is 51.1 Å². The summed E-state index contributed by atoms with van der Waals surface area (Å²) in [6, 6.07) is 0. The largest absolute Gasteiger partial charge is 0.355 e. The molecule has 1 saturated carbocycles. The normalized spacial score (nSPS) is 20.7. The second kappa shape index (κ2) is 10.5. The van der Waals surface area contributed by atoms with Gasteiger partial charge in [0.15, 0.2) is 5.96 Å². The molecule has 1 saturated heterocycles. The first-order valence-corrected chi connectivity index (χ1v) is 11.3. The van der Waals surface area contributed by atoms with Crippen LogP contribution in [0.25, 0.3) is 0 Å². The first kappa shape index (κ1) is 22.2. The zero-order valence-corrected chi connectivity index (χ0v) is 20.1. The van der Waals surface area contributed by atoms with Crippen molar-refractivity contribution in [1.82, 2.24) is 20.5 Å². The van der Waals surface area contributed by atoms with Crippen LogP contribution in [0.5, 0.6) is 0 Å². The molecule has 0 bridgehead atoms. The van der Waals surface area contributed by atoms with Crippen LogP contribution in [0.1, 0.15) is 41.3 Å². The summed E-state index contributed by atoms with van der Waals surface area (Å²) < 4.78 is 0. The number of thiazole rings is 1. The molecule has 26 heavy (non-hydrogen) atoms. The predicted octanol–water partition coefficient (Wildman–Crippen LogP) is 3.40. The lowest BCUT2D eigenvalue weighted by molar-refractivity contribution is 0.107. The number of hydrogen-bond acceptors (Lipinski definition) is 5. The van der Waals surface area contributed by atoms with Crippen LogP contribution in [-0.2, 0) is 6.54 Å². The minimum atomic E-state index is 0. The molecule has 1 aliphatic heterocycles. The molecule has 1 aromatic heterocycles. The van der Waals surface area contributed by atoms with Crippen molar-refractivity contribution in [1.29, 1.82) is 0 Å². The Hall–Kier alpha value is -0.0600. The number of guanidine groups is 1. The summed E-state index contributed by atoms with van der Waals surface area (Å²) in [6.07, 6.45) is 5.34. The van der Waals surface area contributed by atoms with Gasteiger partial charge in [-0.05, 0) is 26.7 Å². The van der Waals surface area contributed by atoms with Gasteiger partial charge in [0.2, 0.25) is 0 Å². The summed E-state index contributed by atoms with van der Waals surface area (Å²) in [7, 11) is 1.86. The second-order valence-electron chi connectivity index (χ2n) is 7.05. The van der Waals surface area contributed by atoms with Gasteiger partial charge in [0.05, 0.1) is 17.2 Å². The van der Waals surface area contributed by atoms with E-state index in [1.165, 1.54) is 55.2 Å². The fourth-order valence-corrected chi connectivity index (χ4v) is 5.83. The highest BCUT2D eigenvalue weighted by atomic mass is 127. The number of hydrogen-bond donors (Lipinski definition) is 2. The molecule has 2 fully saturated rings. The standard InChI is InChI=1S/C18H31N5S2.HI/c1-14-16(25-15(2)22-14)12-20-17(19-3)21-13-18(6-4-5-7-18)23-8-10-24-11-9-23;/h4-13H2,1-3H3,(H2,19,20,21);1H. The summed E-state index contributed by atoms with van der Waals surface area (Å²) >= 11 is 3.86. The quantitative estimate of drug-likeness (QED) is 0.362. The minimum absolute atomic E-state index is 0. The minimum Gasteiger partial charge on any atom is -0.355 e. The van der Waals surface area contributed by atoms with Crippen LogP contribution >= 0.6 is 47.1 Å². The van der Waals surface area contributed by atoms with Gasteiger partial charge < -0.3 is 10.6 Å². The molecule has 8 heteroatoms. The van der Waals surface area contributed by atoms with E-state index in [0.717, 1.165) is 29.8 Å². The lowest BCUT2D eigenvalue weighted by Crippen LogP contribution is -2.57. The smallest absolute Gasteiger partial charge is 0.191 e. The maximum atomic E-state index is 4.51. The number of thioether (sulfide) groups is 1. The third-order valence-electron chi connectivity index (χ3n) is 5.44. The summed E-state index contributed by atoms with van der Waals surface area (Å²) in [5.41, 5.74) is 1.46. The third-order valence-corrected chi connectivity index (χ3v) is 7.46. The van der Waals surface area contributed by atoms with Crippen molar-refractivity contribution < 1.29 is 0 Å². The molecule has 3 rings (SSSR count). The summed E-state index contributed by atoms with van der Waals surface area (Å²) in [5, 5.41) is 8.22. The van der Waals surface area contributed by atoms with Crippen LogP contribution in [0, 0.1) is 13.8 Å². The van der Waals surface area contributed by atoms with Gasteiger partial charge in [0.25, 0.3) is 0 Å². The highest BCUT2D eigenvalue weighted by Crippen LogP contribution is 2.36. The lowest BCUT2D eigenvalue weighted by Gasteiger charge is -2.43. The van der Waals surface area contributed by atoms with Gasteiger partial charge in [-0.1, -0.05) is 12.8 Å². The summed E-state index contributed by atoms with van der Waals surface area (Å²) in [5.74, 6) is 3.46. The maximum Gasteiger partial charge on any atom is 0.191 e. The highest BCUT2D eigenvalue weighted by Gasteiger charge is 2.39. The molecule has 1 aliphatic carbocycles. The van der Waals surface area contributed by atoms with Crippen molar-refractivity contribution in [3.05, 3.63) is 15.6 Å². The van der Waals surface area contributed by atoms with Crippen molar-refractivity contribution in [3.8, 4) is 0 Å². The van der Waals surface area contributed by atoms with Crippen LogP contribution in [0.2, 0.25) is 0 Å². The molecule has 148 valence electrons. The maximum absolute atomic E-state index is 4.51. The molecule has 2 aliphatic rings. The number of aliphatic imine (C=N–C) groups is 1. The fourth-order valence-electron chi connectivity index (χ4n) is 4.05. The zero-order valence-electron chi connectivity index (χ0n) is 16.1. The van der Waals surface area contributed by atoms with Crippen molar-refractivity contribution >= 4 is 53.0 Å². The Morgan fingerprint density at radius 3 is 2.46 bits per heavy atom. The van der Waals surface area contributed by atoms with E-state index in [-0.39, 0.29) is 24.0 Å². The Labute approximate surface area is 183 Å². The van der Waals surface area contributed by atoms with Gasteiger partial charge in [-0.15, -0.1) is 35.3 Å². The SMILES string of the molecule is CN=C(NCc1sc(C)nc1C)NCC1(N2CCSCC2)CCCC1.I. The number of nitrogens with one attached hydrogen (secondary N) is 2. The Morgan fingerprint density at radius 2 is 1.88 bits per heavy atom. The molecule has 0 spiro atoms. The molecule has 0 aromatic carbocycles. The number of rotatable bonds is 5. The molecule has 1 aromatic rings. The van der Waals surface area contributed by atoms with Crippen LogP contribution < -0.4 is 10.6 Å². The Kier molecular flexibility index (Phi) is 8.96. The van der Waals surface area contributed by atoms with Crippen molar-refractivity contribution in [2.45, 2.75) is 51.6 Å². The van der Waals surface area contributed by atoms with Gasteiger partial charge in [0, 0.05) is 48.6 Å². The molecule has 5 nitrogen and oxygen atoms in total. The molecule has 0 unspecified atom stereocenters. The van der Waals surface area contributed by atoms with Crippen LogP contribution in [-0.4, -0.2) is 59.6 Å². The Bertz CT molecular complexity index is 592. The first-order chi connectivity index (χ1) is 12.1. The third kappa shape index (κ3) is 5.48. The fraction of sp³-hybridized carbons (Fsp3) is 0.778. The van der Waals surface area contributed by atoms with E-state index in [4.69, 9.17) is 0 Å². The van der Waals surface area contributed by atoms with Crippen molar-refractivity contribution in [3.63, 3.8) is 0 Å². The number of aryl methyl sites for hydroxylation is 2. The zero-order chi connectivity index (χ0) is 17.7. The molecule has 0 radical (unpaired) electrons. The van der Waals surface area contributed by atoms with E-state index in [9.17, 15) is 0 Å². The van der Waals surface area contributed by atoms with Crippen LogP contribution in [0.3, 0.4) is 0 Å². The average Bonchev–Trinajstić information content (AvgIpc) is 3.23. The second-order valence-corrected chi connectivity index (χ2v) is 9.56. The van der Waals surface area contributed by atoms with E-state index in [0.29, 0.717) is 5.54 Å². The van der Waals surface area contributed by atoms with E-state index in [1.807, 2.05) is 7.05 Å². The van der Waals surface area contributed by atoms with Gasteiger partial charge in [-0.25, -0.2) is 4.98 Å². The molecule has 2 heterocycles. The molecule has 0 atom stereocenters. The first-order valence-electron chi connectivity index (χ1n) is 9.33. The van der Waals surface area contributed by atoms with Gasteiger partial charge in [-0.3, -0.25) is 9.89 Å². The van der Waals surface area contributed by atoms with E-state index < -0.39 is 0 Å². The van der Waals surface area contributed by atoms with E-state index >= 15 is 0 Å². The topological polar surface area (TPSA) is 52.6 Å². The highest BCUT2D eigenvalue weighted by molar-refractivity contribution is 14.0. The van der Waals surface area contributed by atoms with Gasteiger partial charge in [0.1, 0.15) is 0 Å². The molecular formula is C18H32IN5S2. The monoisotopic (exact) mass is 509 g/mol. The Morgan fingerprint density at radius 1 is 1.19 bits per heavy atom. The van der Waals surface area contributed by atoms with Gasteiger partial charge in [-0.2, -0.15) is 11.8 Å². The van der Waals surface area contributed by atoms with Crippen LogP contribution in [0.4, 0.5) is 0 Å². The lowest BCUT2D eigenvalue weighted by atomic mass is 9.94. The van der Waals surface area contributed by atoms with Gasteiger partial charge >= 0.3 is 0 Å². The van der Waals surface area contributed by atoms with Crippen LogP contribution in [0.15, 0.2) is 4.99 Å². The van der Waals surface area contributed by atoms with Crippen molar-refractivity contribution in [2.24, 2.45) is 4.99 Å². The summed E-state index contributed by atoms with van der Waals surface area (Å²) in [4.78, 5) is 13.0. The number of halogens is 1. The average molecular weight is 510 g/mol. The number of aromatic nitrogens is 1. The van der Waals surface area contributed by atoms with E-state index in [1.54, 1.807) is 11.3 Å². The summed E-state index contributed by atoms with van der Waals surface area (Å²) in [6.45, 7) is 8.41. The molecular weight excluding hydrogens is 477 g/mol. The molecule has 2 N–H and O–H groups in total. The predicted molar refractivity (Wildman–Crippen MR) is 125 cm³/mol.